The molecule has 0 aromatic rings. The van der Waals surface area contributed by atoms with Crippen LogP contribution < -0.4 is 0 Å². The summed E-state index contributed by atoms with van der Waals surface area (Å²) in [6.07, 6.45) is 45.9. The van der Waals surface area contributed by atoms with Gasteiger partial charge in [0.25, 0.3) is 0 Å². The highest BCUT2D eigenvalue weighted by Gasteiger charge is 2.47. The second-order valence-corrected chi connectivity index (χ2v) is 18.3. The van der Waals surface area contributed by atoms with Gasteiger partial charge in [0.05, 0.1) is 6.61 Å². The number of ether oxygens (including phenoxy) is 4. The van der Waals surface area contributed by atoms with E-state index in [4.69, 9.17) is 18.9 Å². The number of carbonyl (C=O) groups excluding carboxylic acids is 2. The van der Waals surface area contributed by atoms with Gasteiger partial charge in [-0.2, -0.15) is 0 Å². The van der Waals surface area contributed by atoms with E-state index >= 15 is 0 Å². The molecule has 1 heterocycles. The summed E-state index contributed by atoms with van der Waals surface area (Å²) in [5, 5.41) is 40.0. The molecule has 6 atom stereocenters. The summed E-state index contributed by atoms with van der Waals surface area (Å²) < 4.78 is 21.9. The molecule has 4 N–H and O–H groups in total. The number of rotatable bonds is 45. The van der Waals surface area contributed by atoms with Crippen LogP contribution in [0.25, 0.3) is 0 Å². The SMILES string of the molecule is CC/C=C\C/C=C\C/C=C\C/C=C\CCCCCCCCCCCCC(=O)OCC(COC1OC(C(=O)O)C(O)C(O)C1O)OC(=O)CCCCCCCCCCCCCCCCCCC. The van der Waals surface area contributed by atoms with Gasteiger partial charge in [-0.3, -0.25) is 9.59 Å². The first-order valence-electron chi connectivity index (χ1n) is 26.7. The molecule has 1 fully saturated rings. The molecule has 1 saturated heterocycles. The first-order valence-corrected chi connectivity index (χ1v) is 26.7. The second kappa shape index (κ2) is 44.7. The number of carbonyl (C=O) groups is 3. The maximum atomic E-state index is 12.8. The van der Waals surface area contributed by atoms with Crippen molar-refractivity contribution in [1.82, 2.24) is 0 Å². The Morgan fingerprint density at radius 1 is 0.485 bits per heavy atom. The molecule has 11 nitrogen and oxygen atoms in total. The average Bonchev–Trinajstić information content (AvgIpc) is 3.30. The number of carboxylic acids is 1. The van der Waals surface area contributed by atoms with E-state index in [0.717, 1.165) is 70.6 Å². The summed E-state index contributed by atoms with van der Waals surface area (Å²) in [5.74, 6) is -2.44. The van der Waals surface area contributed by atoms with Crippen molar-refractivity contribution in [3.8, 4) is 0 Å². The van der Waals surface area contributed by atoms with E-state index in [1.165, 1.54) is 122 Å². The summed E-state index contributed by atoms with van der Waals surface area (Å²) in [4.78, 5) is 37.0. The van der Waals surface area contributed by atoms with E-state index in [2.05, 4.69) is 62.5 Å². The number of esters is 2. The van der Waals surface area contributed by atoms with Gasteiger partial charge in [0, 0.05) is 12.8 Å². The minimum atomic E-state index is -1.86. The third-order valence-electron chi connectivity index (χ3n) is 12.2. The van der Waals surface area contributed by atoms with E-state index in [1.54, 1.807) is 0 Å². The van der Waals surface area contributed by atoms with Crippen LogP contribution in [0.2, 0.25) is 0 Å². The smallest absolute Gasteiger partial charge is 0.335 e. The van der Waals surface area contributed by atoms with Crippen LogP contribution in [-0.4, -0.2) is 88.4 Å². The monoisotopic (exact) mass is 933 g/mol. The zero-order chi connectivity index (χ0) is 48.1. The molecule has 0 aromatic carbocycles. The first kappa shape index (κ1) is 61.2. The van der Waals surface area contributed by atoms with E-state index in [1.807, 2.05) is 0 Å². The topological polar surface area (TPSA) is 169 Å². The minimum Gasteiger partial charge on any atom is -0.479 e. The van der Waals surface area contributed by atoms with Gasteiger partial charge in [0.2, 0.25) is 0 Å². The summed E-state index contributed by atoms with van der Waals surface area (Å²) in [5.41, 5.74) is 0. The number of carboxylic acid groups (broad SMARTS) is 1. The van der Waals surface area contributed by atoms with Crippen LogP contribution in [0.1, 0.15) is 232 Å². The minimum absolute atomic E-state index is 0.185. The van der Waals surface area contributed by atoms with Crippen molar-refractivity contribution in [1.29, 1.82) is 0 Å². The van der Waals surface area contributed by atoms with E-state index in [9.17, 15) is 34.8 Å². The molecule has 11 heteroatoms. The Bertz CT molecular complexity index is 1280. The zero-order valence-electron chi connectivity index (χ0n) is 41.7. The molecule has 0 spiro atoms. The van der Waals surface area contributed by atoms with Crippen molar-refractivity contribution in [2.75, 3.05) is 13.2 Å². The fourth-order valence-corrected chi connectivity index (χ4v) is 8.05. The third kappa shape index (κ3) is 35.3. The summed E-state index contributed by atoms with van der Waals surface area (Å²) in [6, 6.07) is 0. The number of aliphatic hydroxyl groups is 3. The Hall–Kier alpha value is -2.83. The maximum Gasteiger partial charge on any atom is 0.335 e. The van der Waals surface area contributed by atoms with Crippen molar-refractivity contribution in [2.24, 2.45) is 0 Å². The molecule has 0 saturated carbocycles. The van der Waals surface area contributed by atoms with Gasteiger partial charge in [-0.05, 0) is 51.4 Å². The standard InChI is InChI=1S/C55H96O11/c1-3-5-7-9-11-13-15-17-19-21-22-23-24-25-26-28-29-31-33-35-37-39-41-43-48(56)63-45-47(46-64-55-52(60)50(58)51(59)53(66-55)54(61)62)65-49(57)44-42-40-38-36-34-32-30-27-20-18-16-14-12-10-8-6-4-2/h5,7,11,13,17,19,22-23,47,50-53,55,58-60H,3-4,6,8-10,12,14-16,18,20-21,24-46H2,1-2H3,(H,61,62)/b7-5-,13-11-,19-17-,23-22-. The molecule has 0 amide bonds. The average molecular weight is 933 g/mol. The quantitative estimate of drug-likeness (QED) is 0.0260. The predicted molar refractivity (Wildman–Crippen MR) is 266 cm³/mol. The number of hydrogen-bond acceptors (Lipinski definition) is 10. The van der Waals surface area contributed by atoms with E-state index in [-0.39, 0.29) is 26.1 Å². The lowest BCUT2D eigenvalue weighted by molar-refractivity contribution is -0.298. The second-order valence-electron chi connectivity index (χ2n) is 18.3. The van der Waals surface area contributed by atoms with Gasteiger partial charge in [-0.1, -0.05) is 217 Å². The Kier molecular flexibility index (Phi) is 41.4. The lowest BCUT2D eigenvalue weighted by Crippen LogP contribution is -2.60. The van der Waals surface area contributed by atoms with Gasteiger partial charge in [0.15, 0.2) is 18.5 Å². The number of unbranched alkanes of at least 4 members (excludes halogenated alkanes) is 26. The number of aliphatic hydroxyl groups excluding tert-OH is 3. The van der Waals surface area contributed by atoms with Gasteiger partial charge in [-0.15, -0.1) is 0 Å². The van der Waals surface area contributed by atoms with Gasteiger partial charge < -0.3 is 39.4 Å². The number of aliphatic carboxylic acids is 1. The Balaban J connectivity index is 2.27. The molecule has 0 aromatic heterocycles. The highest BCUT2D eigenvalue weighted by atomic mass is 16.7. The summed E-state index contributed by atoms with van der Waals surface area (Å²) in [7, 11) is 0. The molecule has 0 bridgehead atoms. The summed E-state index contributed by atoms with van der Waals surface area (Å²) in [6.45, 7) is 3.73. The molecule has 1 aliphatic heterocycles. The van der Waals surface area contributed by atoms with Crippen LogP contribution in [0, 0.1) is 0 Å². The molecular weight excluding hydrogens is 837 g/mol. The van der Waals surface area contributed by atoms with Crippen molar-refractivity contribution in [3.05, 3.63) is 48.6 Å². The highest BCUT2D eigenvalue weighted by molar-refractivity contribution is 5.73. The fraction of sp³-hybridized carbons (Fsp3) is 0.800. The van der Waals surface area contributed by atoms with Gasteiger partial charge in [0.1, 0.15) is 24.9 Å². The molecule has 6 unspecified atom stereocenters. The third-order valence-corrected chi connectivity index (χ3v) is 12.2. The van der Waals surface area contributed by atoms with Crippen LogP contribution in [0.15, 0.2) is 48.6 Å². The fourth-order valence-electron chi connectivity index (χ4n) is 8.05. The van der Waals surface area contributed by atoms with Crippen LogP contribution in [0.5, 0.6) is 0 Å². The number of hydrogen-bond donors (Lipinski definition) is 4. The molecule has 66 heavy (non-hydrogen) atoms. The van der Waals surface area contributed by atoms with Crippen molar-refractivity contribution < 1.29 is 53.8 Å². The van der Waals surface area contributed by atoms with Crippen LogP contribution in [0.3, 0.4) is 0 Å². The normalized spacial score (nSPS) is 19.4. The maximum absolute atomic E-state index is 12.8. The summed E-state index contributed by atoms with van der Waals surface area (Å²) >= 11 is 0. The number of allylic oxidation sites excluding steroid dienone is 8. The highest BCUT2D eigenvalue weighted by Crippen LogP contribution is 2.23. The molecule has 0 radical (unpaired) electrons. The van der Waals surface area contributed by atoms with Crippen molar-refractivity contribution >= 4 is 17.9 Å². The lowest BCUT2D eigenvalue weighted by atomic mass is 9.99. The van der Waals surface area contributed by atoms with Crippen molar-refractivity contribution in [2.45, 2.75) is 269 Å². The Labute approximate surface area is 401 Å². The first-order chi connectivity index (χ1) is 32.2. The van der Waals surface area contributed by atoms with Crippen LogP contribution in [-0.2, 0) is 33.3 Å². The Morgan fingerprint density at radius 2 is 0.894 bits per heavy atom. The van der Waals surface area contributed by atoms with E-state index < -0.39 is 54.7 Å². The van der Waals surface area contributed by atoms with Crippen molar-refractivity contribution in [3.63, 3.8) is 0 Å². The molecular formula is C55H96O11. The molecule has 1 aliphatic rings. The molecule has 0 aliphatic carbocycles. The lowest BCUT2D eigenvalue weighted by Gasteiger charge is -2.38. The predicted octanol–water partition coefficient (Wildman–Crippen LogP) is 12.9. The van der Waals surface area contributed by atoms with E-state index in [0.29, 0.717) is 12.8 Å². The largest absolute Gasteiger partial charge is 0.479 e. The van der Waals surface area contributed by atoms with Crippen LogP contribution in [0.4, 0.5) is 0 Å². The molecule has 382 valence electrons. The molecule has 1 rings (SSSR count). The zero-order valence-corrected chi connectivity index (χ0v) is 41.7. The Morgan fingerprint density at radius 3 is 1.35 bits per heavy atom. The van der Waals surface area contributed by atoms with Crippen LogP contribution >= 0.6 is 0 Å². The van der Waals surface area contributed by atoms with Gasteiger partial charge in [-0.25, -0.2) is 4.79 Å². The van der Waals surface area contributed by atoms with Gasteiger partial charge >= 0.3 is 17.9 Å².